The Morgan fingerprint density at radius 3 is 2.67 bits per heavy atom. The van der Waals surface area contributed by atoms with E-state index in [4.69, 9.17) is 9.15 Å². The van der Waals surface area contributed by atoms with Crippen molar-refractivity contribution in [1.29, 1.82) is 0 Å². The van der Waals surface area contributed by atoms with Crippen molar-refractivity contribution in [3.8, 4) is 5.75 Å². The van der Waals surface area contributed by atoms with Crippen LogP contribution in [0.1, 0.15) is 58.8 Å². The van der Waals surface area contributed by atoms with E-state index < -0.39 is 0 Å². The number of amides is 1. The predicted molar refractivity (Wildman–Crippen MR) is 121 cm³/mol. The van der Waals surface area contributed by atoms with Crippen LogP contribution in [0.2, 0.25) is 0 Å². The number of aryl methyl sites for hydroxylation is 1. The van der Waals surface area contributed by atoms with E-state index in [1.54, 1.807) is 30.6 Å². The summed E-state index contributed by atoms with van der Waals surface area (Å²) in [6.07, 6.45) is 6.08. The average Bonchev–Trinajstić information content (AvgIpc) is 3.46. The minimum Gasteiger partial charge on any atom is -0.496 e. The van der Waals surface area contributed by atoms with E-state index in [0.29, 0.717) is 5.76 Å². The number of anilines is 1. The van der Waals surface area contributed by atoms with Crippen LogP contribution in [0.5, 0.6) is 5.75 Å². The summed E-state index contributed by atoms with van der Waals surface area (Å²) >= 11 is 1.64. The van der Waals surface area contributed by atoms with E-state index >= 15 is 0 Å². The third kappa shape index (κ3) is 4.30. The van der Waals surface area contributed by atoms with Crippen LogP contribution >= 0.6 is 11.3 Å². The highest BCUT2D eigenvalue weighted by molar-refractivity contribution is 7.16. The number of hydrogen-bond donors (Lipinski definition) is 1. The smallest absolute Gasteiger partial charge is 0.291 e. The minimum atomic E-state index is -0.219. The van der Waals surface area contributed by atoms with Crippen LogP contribution in [0.25, 0.3) is 0 Å². The molecule has 3 heterocycles. The van der Waals surface area contributed by atoms with Crippen molar-refractivity contribution in [3.05, 3.63) is 70.5 Å². The summed E-state index contributed by atoms with van der Waals surface area (Å²) in [6.45, 7) is 4.21. The first-order valence-corrected chi connectivity index (χ1v) is 11.4. The molecule has 30 heavy (non-hydrogen) atoms. The van der Waals surface area contributed by atoms with E-state index in [0.717, 1.165) is 41.4 Å². The van der Waals surface area contributed by atoms with Gasteiger partial charge in [0.25, 0.3) is 5.91 Å². The van der Waals surface area contributed by atoms with Crippen molar-refractivity contribution in [3.63, 3.8) is 0 Å². The number of nitrogens with one attached hydrogen (secondary N) is 1. The first-order chi connectivity index (χ1) is 14.7. The Bertz CT molecular complexity index is 974. The molecule has 0 aliphatic carbocycles. The van der Waals surface area contributed by atoms with Gasteiger partial charge in [0, 0.05) is 16.0 Å². The number of methoxy groups -OCH3 is 1. The van der Waals surface area contributed by atoms with Gasteiger partial charge in [0.05, 0.1) is 19.4 Å². The maximum absolute atomic E-state index is 12.7. The fourth-order valence-corrected chi connectivity index (χ4v) is 5.16. The Morgan fingerprint density at radius 2 is 1.97 bits per heavy atom. The van der Waals surface area contributed by atoms with Crippen molar-refractivity contribution < 1.29 is 13.9 Å². The quantitative estimate of drug-likeness (QED) is 0.525. The first-order valence-electron chi connectivity index (χ1n) is 10.6. The van der Waals surface area contributed by atoms with E-state index in [2.05, 4.69) is 35.3 Å². The number of benzene rings is 1. The SMILES string of the molecule is CCc1cc(C(c2ccccc2OC)N2CCCCC2)c(NC(=O)c2ccco2)s1. The van der Waals surface area contributed by atoms with Crippen LogP contribution in [0.15, 0.2) is 53.1 Å². The molecule has 0 saturated carbocycles. The van der Waals surface area contributed by atoms with Gasteiger partial charge in [-0.3, -0.25) is 9.69 Å². The molecule has 0 radical (unpaired) electrons. The summed E-state index contributed by atoms with van der Waals surface area (Å²) in [7, 11) is 1.72. The molecule has 1 amide bonds. The highest BCUT2D eigenvalue weighted by Crippen LogP contribution is 2.43. The highest BCUT2D eigenvalue weighted by Gasteiger charge is 2.30. The fraction of sp³-hybridized carbons (Fsp3) is 0.375. The lowest BCUT2D eigenvalue weighted by Gasteiger charge is -2.35. The molecule has 1 aliphatic rings. The first kappa shape index (κ1) is 20.7. The molecule has 0 bridgehead atoms. The standard InChI is InChI=1S/C24H28N2O3S/c1-3-17-16-19(24(30-17)25-23(27)21-12-9-15-29-21)22(26-13-7-4-8-14-26)18-10-5-6-11-20(18)28-2/h5-6,9-12,15-16,22H,3-4,7-8,13-14H2,1-2H3,(H,25,27). The zero-order valence-electron chi connectivity index (χ0n) is 17.5. The molecule has 5 nitrogen and oxygen atoms in total. The lowest BCUT2D eigenvalue weighted by molar-refractivity contribution is 0.0996. The normalized spacial score (nSPS) is 15.7. The molecule has 1 saturated heterocycles. The fourth-order valence-electron chi connectivity index (χ4n) is 4.14. The second-order valence-corrected chi connectivity index (χ2v) is 8.66. The number of piperidine rings is 1. The van der Waals surface area contributed by atoms with E-state index in [-0.39, 0.29) is 11.9 Å². The largest absolute Gasteiger partial charge is 0.496 e. The Labute approximate surface area is 181 Å². The van der Waals surface area contributed by atoms with E-state index in [1.165, 1.54) is 30.4 Å². The van der Waals surface area contributed by atoms with Gasteiger partial charge in [-0.15, -0.1) is 11.3 Å². The van der Waals surface area contributed by atoms with Gasteiger partial charge in [-0.05, 0) is 56.6 Å². The maximum atomic E-state index is 12.7. The summed E-state index contributed by atoms with van der Waals surface area (Å²) < 4.78 is 11.0. The van der Waals surface area contributed by atoms with Gasteiger partial charge < -0.3 is 14.5 Å². The van der Waals surface area contributed by atoms with Gasteiger partial charge >= 0.3 is 0 Å². The zero-order valence-corrected chi connectivity index (χ0v) is 18.3. The number of nitrogens with zero attached hydrogens (tertiary/aromatic N) is 1. The molecular formula is C24H28N2O3S. The summed E-state index contributed by atoms with van der Waals surface area (Å²) in [6, 6.07) is 13.9. The number of furan rings is 1. The van der Waals surface area contributed by atoms with E-state index in [1.807, 2.05) is 12.1 Å². The van der Waals surface area contributed by atoms with Gasteiger partial charge in [-0.1, -0.05) is 31.5 Å². The molecule has 1 N–H and O–H groups in total. The number of likely N-dealkylation sites (tertiary alicyclic amines) is 1. The Kier molecular flexibility index (Phi) is 6.55. The summed E-state index contributed by atoms with van der Waals surface area (Å²) in [5.74, 6) is 0.975. The van der Waals surface area contributed by atoms with Crippen LogP contribution in [0, 0.1) is 0 Å². The predicted octanol–water partition coefficient (Wildman–Crippen LogP) is 5.74. The van der Waals surface area contributed by atoms with Gasteiger partial charge in [0.15, 0.2) is 5.76 Å². The van der Waals surface area contributed by atoms with Crippen molar-refractivity contribution in [2.45, 2.75) is 38.6 Å². The third-order valence-electron chi connectivity index (χ3n) is 5.62. The van der Waals surface area contributed by atoms with Gasteiger partial charge in [0.2, 0.25) is 0 Å². The zero-order chi connectivity index (χ0) is 20.9. The Hall–Kier alpha value is -2.57. The number of ether oxygens (including phenoxy) is 1. The molecule has 1 atom stereocenters. The lowest BCUT2D eigenvalue weighted by atomic mass is 9.95. The lowest BCUT2D eigenvalue weighted by Crippen LogP contribution is -2.34. The molecule has 1 aromatic carbocycles. The minimum absolute atomic E-state index is 0.0323. The van der Waals surface area contributed by atoms with Crippen LogP contribution in [-0.4, -0.2) is 31.0 Å². The Morgan fingerprint density at radius 1 is 1.17 bits per heavy atom. The van der Waals surface area contributed by atoms with Crippen LogP contribution < -0.4 is 10.1 Å². The second kappa shape index (κ2) is 9.49. The van der Waals surface area contributed by atoms with Gasteiger partial charge in [-0.2, -0.15) is 0 Å². The summed E-state index contributed by atoms with van der Waals surface area (Å²) in [4.78, 5) is 16.5. The molecule has 2 aromatic heterocycles. The molecule has 6 heteroatoms. The molecule has 3 aromatic rings. The number of carbonyl (C=O) groups excluding carboxylic acids is 1. The maximum Gasteiger partial charge on any atom is 0.291 e. The number of carbonyl (C=O) groups is 1. The van der Waals surface area contributed by atoms with Crippen LogP contribution in [-0.2, 0) is 6.42 Å². The third-order valence-corrected chi connectivity index (χ3v) is 6.83. The van der Waals surface area contributed by atoms with Crippen LogP contribution in [0.4, 0.5) is 5.00 Å². The van der Waals surface area contributed by atoms with Crippen molar-refractivity contribution in [2.75, 3.05) is 25.5 Å². The van der Waals surface area contributed by atoms with Crippen molar-refractivity contribution in [2.24, 2.45) is 0 Å². The van der Waals surface area contributed by atoms with Crippen molar-refractivity contribution in [1.82, 2.24) is 4.90 Å². The summed E-state index contributed by atoms with van der Waals surface area (Å²) in [5.41, 5.74) is 2.26. The summed E-state index contributed by atoms with van der Waals surface area (Å²) in [5, 5.41) is 4.00. The van der Waals surface area contributed by atoms with Crippen LogP contribution in [0.3, 0.4) is 0 Å². The monoisotopic (exact) mass is 424 g/mol. The molecule has 0 spiro atoms. The second-order valence-electron chi connectivity index (χ2n) is 7.52. The molecular weight excluding hydrogens is 396 g/mol. The number of hydrogen-bond acceptors (Lipinski definition) is 5. The number of thiophene rings is 1. The number of rotatable bonds is 7. The number of para-hydroxylation sites is 1. The highest BCUT2D eigenvalue weighted by atomic mass is 32.1. The molecule has 158 valence electrons. The topological polar surface area (TPSA) is 54.7 Å². The molecule has 1 unspecified atom stereocenters. The van der Waals surface area contributed by atoms with Gasteiger partial charge in [-0.25, -0.2) is 0 Å². The molecule has 1 fully saturated rings. The molecule has 1 aliphatic heterocycles. The average molecular weight is 425 g/mol. The van der Waals surface area contributed by atoms with E-state index in [9.17, 15) is 4.79 Å². The van der Waals surface area contributed by atoms with Gasteiger partial charge in [0.1, 0.15) is 10.8 Å². The molecule has 4 rings (SSSR count). The Balaban J connectivity index is 1.78. The van der Waals surface area contributed by atoms with Crippen molar-refractivity contribution >= 4 is 22.2 Å².